The molecule has 0 saturated carbocycles. The van der Waals surface area contributed by atoms with Gasteiger partial charge in [0, 0.05) is 21.4 Å². The molecule has 1 aromatic rings. The maximum Gasteiger partial charge on any atom is 0.274 e. The summed E-state index contributed by atoms with van der Waals surface area (Å²) in [5.41, 5.74) is 1.80. The molecule has 84 valence electrons. The minimum absolute atomic E-state index is 0.156. The minimum atomic E-state index is -0.367. The van der Waals surface area contributed by atoms with Gasteiger partial charge in [-0.15, -0.1) is 0 Å². The first-order chi connectivity index (χ1) is 7.06. The Bertz CT molecular complexity index is 354. The fourth-order valence-electron chi connectivity index (χ4n) is 1.09. The number of nitrogens with zero attached hydrogens (tertiary/aromatic N) is 1. The fraction of sp³-hybridized carbons (Fsp3) is 0.400. The highest BCUT2D eigenvalue weighted by atomic mass is 79.9. The van der Waals surface area contributed by atoms with Gasteiger partial charge in [0.05, 0.1) is 4.92 Å². The first-order valence-corrected chi connectivity index (χ1v) is 6.47. The van der Waals surface area contributed by atoms with E-state index in [0.29, 0.717) is 5.33 Å². The van der Waals surface area contributed by atoms with Gasteiger partial charge in [0.15, 0.2) is 0 Å². The van der Waals surface area contributed by atoms with Crippen LogP contribution in [0.5, 0.6) is 0 Å². The van der Waals surface area contributed by atoms with Crippen LogP contribution in [0, 0.1) is 17.0 Å². The predicted octanol–water partition coefficient (Wildman–Crippen LogP) is 4.59. The average molecular weight is 339 g/mol. The zero-order valence-electron chi connectivity index (χ0n) is 8.88. The highest BCUT2D eigenvalue weighted by Crippen LogP contribution is 2.28. The van der Waals surface area contributed by atoms with Crippen LogP contribution < -0.4 is 0 Å². The van der Waals surface area contributed by atoms with Crippen molar-refractivity contribution < 1.29 is 4.92 Å². The van der Waals surface area contributed by atoms with E-state index in [9.17, 15) is 10.1 Å². The van der Waals surface area contributed by atoms with Gasteiger partial charge < -0.3 is 0 Å². The number of alkyl halides is 1. The SMILES string of the molecule is CC.Cc1cc(Br)cc([N+](=O)[O-])c1CBr. The third-order valence-electron chi connectivity index (χ3n) is 1.74. The van der Waals surface area contributed by atoms with Crippen LogP contribution in [0.25, 0.3) is 0 Å². The van der Waals surface area contributed by atoms with Crippen LogP contribution in [0.1, 0.15) is 25.0 Å². The average Bonchev–Trinajstić information content (AvgIpc) is 2.19. The molecule has 0 aliphatic heterocycles. The summed E-state index contributed by atoms with van der Waals surface area (Å²) in [4.78, 5) is 10.3. The van der Waals surface area contributed by atoms with Gasteiger partial charge in [-0.2, -0.15) is 0 Å². The third-order valence-corrected chi connectivity index (χ3v) is 2.76. The molecule has 0 atom stereocenters. The summed E-state index contributed by atoms with van der Waals surface area (Å²) in [6, 6.07) is 3.38. The lowest BCUT2D eigenvalue weighted by Crippen LogP contribution is -1.96. The summed E-state index contributed by atoms with van der Waals surface area (Å²) in [6.45, 7) is 5.86. The molecule has 15 heavy (non-hydrogen) atoms. The lowest BCUT2D eigenvalue weighted by Gasteiger charge is -2.03. The number of rotatable bonds is 2. The van der Waals surface area contributed by atoms with Gasteiger partial charge in [0.1, 0.15) is 0 Å². The molecule has 0 heterocycles. The highest BCUT2D eigenvalue weighted by molar-refractivity contribution is 9.10. The van der Waals surface area contributed by atoms with Crippen molar-refractivity contribution in [3.63, 3.8) is 0 Å². The molecule has 0 radical (unpaired) electrons. The lowest BCUT2D eigenvalue weighted by atomic mass is 10.1. The molecule has 0 saturated heterocycles. The highest BCUT2D eigenvalue weighted by Gasteiger charge is 2.15. The van der Waals surface area contributed by atoms with E-state index >= 15 is 0 Å². The van der Waals surface area contributed by atoms with Crippen molar-refractivity contribution in [3.8, 4) is 0 Å². The molecule has 0 fully saturated rings. The van der Waals surface area contributed by atoms with E-state index in [2.05, 4.69) is 31.9 Å². The molecule has 0 aliphatic carbocycles. The lowest BCUT2D eigenvalue weighted by molar-refractivity contribution is -0.385. The second-order valence-corrected chi connectivity index (χ2v) is 4.09. The molecular weight excluding hydrogens is 326 g/mol. The molecule has 3 nitrogen and oxygen atoms in total. The summed E-state index contributed by atoms with van der Waals surface area (Å²) in [6.07, 6.45) is 0. The molecule has 0 spiro atoms. The van der Waals surface area contributed by atoms with Gasteiger partial charge in [-0.1, -0.05) is 45.7 Å². The number of aryl methyl sites for hydroxylation is 1. The van der Waals surface area contributed by atoms with Gasteiger partial charge >= 0.3 is 0 Å². The monoisotopic (exact) mass is 337 g/mol. The van der Waals surface area contributed by atoms with Crippen LogP contribution >= 0.6 is 31.9 Å². The Morgan fingerprint density at radius 2 is 1.93 bits per heavy atom. The van der Waals surface area contributed by atoms with Gasteiger partial charge in [0.25, 0.3) is 5.69 Å². The molecule has 1 aromatic carbocycles. The second-order valence-electron chi connectivity index (χ2n) is 2.61. The quantitative estimate of drug-likeness (QED) is 0.449. The minimum Gasteiger partial charge on any atom is -0.258 e. The molecule has 0 N–H and O–H groups in total. The second kappa shape index (κ2) is 6.95. The molecule has 0 unspecified atom stereocenters. The Morgan fingerprint density at radius 3 is 2.33 bits per heavy atom. The van der Waals surface area contributed by atoms with Crippen molar-refractivity contribution in [2.24, 2.45) is 0 Å². The number of hydrogen-bond acceptors (Lipinski definition) is 2. The van der Waals surface area contributed by atoms with E-state index in [1.165, 1.54) is 6.07 Å². The van der Waals surface area contributed by atoms with Crippen LogP contribution in [0.3, 0.4) is 0 Å². The largest absolute Gasteiger partial charge is 0.274 e. The third kappa shape index (κ3) is 3.91. The standard InChI is InChI=1S/C8H7Br2NO2.C2H6/c1-5-2-6(10)3-8(11(12)13)7(5)4-9;1-2/h2-3H,4H2,1H3;1-2H3. The van der Waals surface area contributed by atoms with Crippen LogP contribution in [-0.4, -0.2) is 4.92 Å². The van der Waals surface area contributed by atoms with Gasteiger partial charge in [-0.25, -0.2) is 0 Å². The Morgan fingerprint density at radius 1 is 1.40 bits per heavy atom. The van der Waals surface area contributed by atoms with E-state index in [1.807, 2.05) is 26.8 Å². The molecule has 0 bridgehead atoms. The Hall–Kier alpha value is -0.420. The Kier molecular flexibility index (Phi) is 6.76. The maximum atomic E-state index is 10.6. The van der Waals surface area contributed by atoms with E-state index in [-0.39, 0.29) is 10.6 Å². The predicted molar refractivity (Wildman–Crippen MR) is 69.5 cm³/mol. The van der Waals surface area contributed by atoms with Gasteiger partial charge in [-0.05, 0) is 18.6 Å². The zero-order valence-corrected chi connectivity index (χ0v) is 12.1. The number of nitro benzene ring substituents is 1. The number of benzene rings is 1. The van der Waals surface area contributed by atoms with Gasteiger partial charge in [-0.3, -0.25) is 10.1 Å². The van der Waals surface area contributed by atoms with Crippen molar-refractivity contribution in [1.82, 2.24) is 0 Å². The van der Waals surface area contributed by atoms with Crippen LogP contribution in [-0.2, 0) is 5.33 Å². The van der Waals surface area contributed by atoms with Crippen molar-refractivity contribution in [2.75, 3.05) is 0 Å². The summed E-state index contributed by atoms with van der Waals surface area (Å²) in [7, 11) is 0. The number of hydrogen-bond donors (Lipinski definition) is 0. The molecule has 0 aromatic heterocycles. The van der Waals surface area contributed by atoms with Crippen molar-refractivity contribution in [2.45, 2.75) is 26.1 Å². The number of nitro groups is 1. The first kappa shape index (κ1) is 14.6. The smallest absolute Gasteiger partial charge is 0.258 e. The maximum absolute atomic E-state index is 10.6. The first-order valence-electron chi connectivity index (χ1n) is 4.55. The van der Waals surface area contributed by atoms with E-state index in [1.54, 1.807) is 0 Å². The van der Waals surface area contributed by atoms with Crippen LogP contribution in [0.2, 0.25) is 0 Å². The topological polar surface area (TPSA) is 43.1 Å². The summed E-state index contributed by atoms with van der Waals surface area (Å²) < 4.78 is 0.737. The van der Waals surface area contributed by atoms with Crippen LogP contribution in [0.4, 0.5) is 5.69 Å². The Balaban J connectivity index is 0.000000921. The van der Waals surface area contributed by atoms with Crippen molar-refractivity contribution in [1.29, 1.82) is 0 Å². The van der Waals surface area contributed by atoms with Crippen molar-refractivity contribution in [3.05, 3.63) is 37.8 Å². The summed E-state index contributed by atoms with van der Waals surface area (Å²) >= 11 is 6.46. The van der Waals surface area contributed by atoms with Crippen molar-refractivity contribution >= 4 is 37.5 Å². The molecule has 1 rings (SSSR count). The van der Waals surface area contributed by atoms with E-state index < -0.39 is 0 Å². The summed E-state index contributed by atoms with van der Waals surface area (Å²) in [5, 5.41) is 11.2. The van der Waals surface area contributed by atoms with E-state index in [4.69, 9.17) is 0 Å². The van der Waals surface area contributed by atoms with Crippen LogP contribution in [0.15, 0.2) is 16.6 Å². The molecule has 5 heteroatoms. The summed E-state index contributed by atoms with van der Waals surface area (Å²) in [5.74, 6) is 0. The van der Waals surface area contributed by atoms with Gasteiger partial charge in [0.2, 0.25) is 0 Å². The molecular formula is C10H13Br2NO2. The molecule has 0 amide bonds. The van der Waals surface area contributed by atoms with E-state index in [0.717, 1.165) is 15.6 Å². The fourth-order valence-corrected chi connectivity index (χ4v) is 2.38. The zero-order chi connectivity index (χ0) is 12.0. The normalized spacial score (nSPS) is 9.13. The Labute approximate surface area is 106 Å². The molecule has 0 aliphatic rings. The number of halogens is 2.